The lowest BCUT2D eigenvalue weighted by Crippen LogP contribution is -2.45. The van der Waals surface area contributed by atoms with Crippen LogP contribution in [0.25, 0.3) is 0 Å². The zero-order valence-corrected chi connectivity index (χ0v) is 17.1. The first kappa shape index (κ1) is 20.5. The van der Waals surface area contributed by atoms with Gasteiger partial charge < -0.3 is 16.0 Å². The van der Waals surface area contributed by atoms with Crippen molar-refractivity contribution >= 4 is 35.1 Å². The number of fused-ring (bicyclic) bond motifs is 1. The maximum Gasteiger partial charge on any atom is 0.262 e. The minimum absolute atomic E-state index is 0.199. The molecule has 1 fully saturated rings. The first-order valence-corrected chi connectivity index (χ1v) is 10.1. The van der Waals surface area contributed by atoms with Crippen LogP contribution in [0, 0.1) is 5.92 Å². The molecule has 2 aliphatic rings. The Bertz CT molecular complexity index is 1020. The number of pyridine rings is 1. The molecule has 2 unspecified atom stereocenters. The van der Waals surface area contributed by atoms with Crippen molar-refractivity contribution in [1.29, 1.82) is 0 Å². The van der Waals surface area contributed by atoms with Crippen molar-refractivity contribution in [1.82, 2.24) is 9.88 Å². The van der Waals surface area contributed by atoms with Crippen molar-refractivity contribution in [2.24, 2.45) is 11.7 Å². The van der Waals surface area contributed by atoms with Gasteiger partial charge in [0.05, 0.1) is 28.9 Å². The normalized spacial score (nSPS) is 19.2. The molecule has 1 saturated heterocycles. The molecule has 2 atom stereocenters. The first-order valence-electron chi connectivity index (χ1n) is 10.1. The zero-order chi connectivity index (χ0) is 22.1. The lowest BCUT2D eigenvalue weighted by Gasteiger charge is -2.32. The van der Waals surface area contributed by atoms with Gasteiger partial charge in [-0.25, -0.2) is 4.98 Å². The van der Waals surface area contributed by atoms with Gasteiger partial charge >= 0.3 is 0 Å². The average Bonchev–Trinajstić information content (AvgIpc) is 3.04. The Balaban J connectivity index is 1.42. The van der Waals surface area contributed by atoms with Gasteiger partial charge in [0.2, 0.25) is 11.8 Å². The highest BCUT2D eigenvalue weighted by atomic mass is 16.2. The summed E-state index contributed by atoms with van der Waals surface area (Å²) in [5, 5.41) is 2.70. The number of aromatic nitrogens is 1. The number of carbonyl (C=O) groups excluding carboxylic acids is 4. The molecular weight excluding hydrogens is 398 g/mol. The Morgan fingerprint density at radius 2 is 1.81 bits per heavy atom. The van der Waals surface area contributed by atoms with E-state index in [2.05, 4.69) is 10.3 Å². The predicted octanol–water partition coefficient (Wildman–Crippen LogP) is 1.41. The molecule has 2 aromatic rings. The number of primary amides is 1. The van der Waals surface area contributed by atoms with Gasteiger partial charge in [0, 0.05) is 13.1 Å². The summed E-state index contributed by atoms with van der Waals surface area (Å²) >= 11 is 0. The van der Waals surface area contributed by atoms with E-state index in [-0.39, 0.29) is 11.8 Å². The Morgan fingerprint density at radius 3 is 2.39 bits per heavy atom. The van der Waals surface area contributed by atoms with Gasteiger partial charge in [-0.15, -0.1) is 0 Å². The van der Waals surface area contributed by atoms with E-state index in [1.807, 2.05) is 4.90 Å². The molecule has 3 N–H and O–H groups in total. The summed E-state index contributed by atoms with van der Waals surface area (Å²) in [6.07, 6.45) is 3.14. The highest BCUT2D eigenvalue weighted by Crippen LogP contribution is 2.26. The minimum Gasteiger partial charge on any atom is -0.369 e. The lowest BCUT2D eigenvalue weighted by molar-refractivity contribution is -0.122. The van der Waals surface area contributed by atoms with Gasteiger partial charge in [0.15, 0.2) is 0 Å². The molecule has 0 spiro atoms. The highest BCUT2D eigenvalue weighted by molar-refractivity contribution is 6.23. The van der Waals surface area contributed by atoms with E-state index >= 15 is 0 Å². The largest absolute Gasteiger partial charge is 0.369 e. The third kappa shape index (κ3) is 3.86. The van der Waals surface area contributed by atoms with Gasteiger partial charge in [-0.2, -0.15) is 0 Å². The summed E-state index contributed by atoms with van der Waals surface area (Å²) in [7, 11) is 0. The van der Waals surface area contributed by atoms with Crippen LogP contribution in [0.3, 0.4) is 0 Å². The van der Waals surface area contributed by atoms with E-state index in [1.165, 1.54) is 13.1 Å². The molecule has 0 saturated carbocycles. The summed E-state index contributed by atoms with van der Waals surface area (Å²) in [5.41, 5.74) is 6.47. The van der Waals surface area contributed by atoms with Crippen LogP contribution in [-0.2, 0) is 9.59 Å². The standard InChI is InChI=1S/C22H23N5O4/c1-13(27-21(30)16-6-2-3-7-17(16)22(27)31)20(29)25-15-8-9-18(24-11-15)26-10-4-5-14(12-26)19(23)28/h2-3,6-9,11,13-14H,4-5,10,12H2,1H3,(H2,23,28)(H,25,29). The summed E-state index contributed by atoms with van der Waals surface area (Å²) < 4.78 is 0. The van der Waals surface area contributed by atoms with Crippen LogP contribution in [-0.4, -0.2) is 52.6 Å². The van der Waals surface area contributed by atoms with E-state index in [0.29, 0.717) is 29.2 Å². The number of nitrogens with zero attached hydrogens (tertiary/aromatic N) is 3. The number of carbonyl (C=O) groups is 4. The topological polar surface area (TPSA) is 126 Å². The van der Waals surface area contributed by atoms with Crippen LogP contribution in [0.1, 0.15) is 40.5 Å². The minimum atomic E-state index is -0.981. The molecule has 2 aliphatic heterocycles. The molecule has 0 radical (unpaired) electrons. The molecule has 3 heterocycles. The number of anilines is 2. The summed E-state index contributed by atoms with van der Waals surface area (Å²) in [6.45, 7) is 2.81. The number of rotatable bonds is 5. The van der Waals surface area contributed by atoms with Gasteiger partial charge in [0.1, 0.15) is 11.9 Å². The van der Waals surface area contributed by atoms with Crippen LogP contribution >= 0.6 is 0 Å². The molecule has 9 heteroatoms. The fourth-order valence-corrected chi connectivity index (χ4v) is 3.99. The fourth-order valence-electron chi connectivity index (χ4n) is 3.99. The van der Waals surface area contributed by atoms with Crippen LogP contribution in [0.5, 0.6) is 0 Å². The smallest absolute Gasteiger partial charge is 0.262 e. The zero-order valence-electron chi connectivity index (χ0n) is 17.1. The molecule has 0 aliphatic carbocycles. The second kappa shape index (κ2) is 8.17. The van der Waals surface area contributed by atoms with Crippen molar-refractivity contribution in [3.63, 3.8) is 0 Å². The summed E-state index contributed by atoms with van der Waals surface area (Å²) in [6, 6.07) is 8.98. The molecular formula is C22H23N5O4. The number of hydrogen-bond acceptors (Lipinski definition) is 6. The SMILES string of the molecule is CC(C(=O)Nc1ccc(N2CCCC(C(N)=O)C2)nc1)N1C(=O)c2ccccc2C1=O. The van der Waals surface area contributed by atoms with Crippen molar-refractivity contribution in [3.8, 4) is 0 Å². The predicted molar refractivity (Wildman–Crippen MR) is 113 cm³/mol. The fraction of sp³-hybridized carbons (Fsp3) is 0.318. The maximum absolute atomic E-state index is 12.7. The highest BCUT2D eigenvalue weighted by Gasteiger charge is 2.40. The van der Waals surface area contributed by atoms with Crippen molar-refractivity contribution in [2.75, 3.05) is 23.3 Å². The number of amides is 4. The molecule has 160 valence electrons. The Morgan fingerprint density at radius 1 is 1.13 bits per heavy atom. The van der Waals surface area contributed by atoms with Crippen LogP contribution in [0.4, 0.5) is 11.5 Å². The van der Waals surface area contributed by atoms with E-state index in [1.54, 1.807) is 36.4 Å². The third-order valence-corrected chi connectivity index (χ3v) is 5.76. The number of benzene rings is 1. The number of nitrogens with one attached hydrogen (secondary N) is 1. The molecule has 4 amide bonds. The second-order valence-electron chi connectivity index (χ2n) is 7.78. The van der Waals surface area contributed by atoms with E-state index in [9.17, 15) is 19.2 Å². The average molecular weight is 421 g/mol. The van der Waals surface area contributed by atoms with Crippen molar-refractivity contribution < 1.29 is 19.2 Å². The molecule has 31 heavy (non-hydrogen) atoms. The van der Waals surface area contributed by atoms with Gasteiger partial charge in [-0.3, -0.25) is 24.1 Å². The van der Waals surface area contributed by atoms with Crippen molar-refractivity contribution in [3.05, 3.63) is 53.7 Å². The number of nitrogens with two attached hydrogens (primary N) is 1. The summed E-state index contributed by atoms with van der Waals surface area (Å²) in [5.74, 6) is -1.27. The number of hydrogen-bond donors (Lipinski definition) is 2. The quantitative estimate of drug-likeness (QED) is 0.703. The Labute approximate surface area is 179 Å². The van der Waals surface area contributed by atoms with Gasteiger partial charge in [-0.05, 0) is 44.0 Å². The van der Waals surface area contributed by atoms with Crippen LogP contribution in [0.15, 0.2) is 42.6 Å². The second-order valence-corrected chi connectivity index (χ2v) is 7.78. The molecule has 9 nitrogen and oxygen atoms in total. The molecule has 0 bridgehead atoms. The maximum atomic E-state index is 12.7. The Kier molecular flexibility index (Phi) is 5.41. The first-order chi connectivity index (χ1) is 14.9. The summed E-state index contributed by atoms with van der Waals surface area (Å²) in [4.78, 5) is 56.7. The Hall–Kier alpha value is -3.75. The third-order valence-electron chi connectivity index (χ3n) is 5.76. The van der Waals surface area contributed by atoms with E-state index in [0.717, 1.165) is 24.3 Å². The molecule has 1 aromatic heterocycles. The molecule has 4 rings (SSSR count). The van der Waals surface area contributed by atoms with Crippen LogP contribution in [0.2, 0.25) is 0 Å². The number of imide groups is 1. The monoisotopic (exact) mass is 421 g/mol. The number of piperidine rings is 1. The van der Waals surface area contributed by atoms with Gasteiger partial charge in [-0.1, -0.05) is 12.1 Å². The molecule has 1 aromatic carbocycles. The van der Waals surface area contributed by atoms with E-state index < -0.39 is 23.8 Å². The lowest BCUT2D eigenvalue weighted by atomic mass is 9.97. The van der Waals surface area contributed by atoms with E-state index in [4.69, 9.17) is 5.73 Å². The van der Waals surface area contributed by atoms with Crippen molar-refractivity contribution in [2.45, 2.75) is 25.8 Å². The van der Waals surface area contributed by atoms with Crippen LogP contribution < -0.4 is 16.0 Å². The van der Waals surface area contributed by atoms with Gasteiger partial charge in [0.25, 0.3) is 11.8 Å².